The predicted octanol–water partition coefficient (Wildman–Crippen LogP) is 10.6. The van der Waals surface area contributed by atoms with Crippen molar-refractivity contribution >= 4 is 35.1 Å². The van der Waals surface area contributed by atoms with Gasteiger partial charge < -0.3 is 9.84 Å². The minimum Gasteiger partial charge on any atom is -0.481 e. The number of carbonyl (C=O) groups excluding carboxylic acids is 1. The number of hydrogen-bond acceptors (Lipinski definition) is 7. The van der Waals surface area contributed by atoms with Gasteiger partial charge in [-0.25, -0.2) is 14.7 Å². The van der Waals surface area contributed by atoms with E-state index in [9.17, 15) is 20.0 Å². The zero-order valence-corrected chi connectivity index (χ0v) is 33.1. The maximum atomic E-state index is 13.6. The number of hydrogen-bond donors (Lipinski definition) is 2. The van der Waals surface area contributed by atoms with Gasteiger partial charge in [-0.1, -0.05) is 70.6 Å². The van der Waals surface area contributed by atoms with Crippen molar-refractivity contribution in [3.63, 3.8) is 0 Å². The predicted molar refractivity (Wildman–Crippen MR) is 202 cm³/mol. The molecule has 6 rings (SSSR count). The average molecular weight is 772 g/mol. The Balaban J connectivity index is 0.920. The summed E-state index contributed by atoms with van der Waals surface area (Å²) in [4.78, 5) is 42.3. The maximum Gasteiger partial charge on any atom is 0.310 e. The lowest BCUT2D eigenvalue weighted by Gasteiger charge is -2.41. The first-order valence-corrected chi connectivity index (χ1v) is 22.4. The Bertz CT molecular complexity index is 1100. The Hall–Kier alpha value is -0.640. The summed E-state index contributed by atoms with van der Waals surface area (Å²) >= 11 is 13.9. The van der Waals surface area contributed by atoms with Gasteiger partial charge in [0.25, 0.3) is 0 Å². The minimum absolute atomic E-state index is 0.147. The topological polar surface area (TPSA) is 112 Å². The van der Waals surface area contributed by atoms with Crippen LogP contribution in [0.3, 0.4) is 0 Å². The third-order valence-corrected chi connectivity index (χ3v) is 15.7. The molecule has 8 nitrogen and oxygen atoms in total. The fraction of sp³-hybridized carbons (Fsp3) is 0.952. The SMILES string of the molecule is O=C(O)C1CCC(CC2CCCCC2)CC1C(=O)OC1CCC(C2CCC(OOCC3CC(CC4CCCCC4)CCC3COO)C(Cl)C2)CC1Cl. The van der Waals surface area contributed by atoms with Crippen LogP contribution in [0.25, 0.3) is 0 Å². The van der Waals surface area contributed by atoms with Crippen LogP contribution in [0, 0.1) is 59.2 Å². The summed E-state index contributed by atoms with van der Waals surface area (Å²) in [6.45, 7) is 0.853. The Labute approximate surface area is 322 Å². The monoisotopic (exact) mass is 770 g/mol. The Morgan fingerprint density at radius 2 is 1.13 bits per heavy atom. The van der Waals surface area contributed by atoms with Gasteiger partial charge in [0.05, 0.1) is 35.8 Å². The van der Waals surface area contributed by atoms with Gasteiger partial charge >= 0.3 is 11.9 Å². The normalized spacial score (nSPS) is 39.9. The highest BCUT2D eigenvalue weighted by atomic mass is 35.5. The van der Waals surface area contributed by atoms with E-state index in [4.69, 9.17) is 37.7 Å². The molecule has 6 saturated carbocycles. The third kappa shape index (κ3) is 11.5. The van der Waals surface area contributed by atoms with Crippen molar-refractivity contribution in [1.82, 2.24) is 0 Å². The van der Waals surface area contributed by atoms with Crippen LogP contribution in [0.2, 0.25) is 0 Å². The van der Waals surface area contributed by atoms with Gasteiger partial charge in [-0.2, -0.15) is 0 Å². The molecule has 0 heterocycles. The van der Waals surface area contributed by atoms with Crippen molar-refractivity contribution < 1.29 is 39.4 Å². The highest BCUT2D eigenvalue weighted by Crippen LogP contribution is 2.45. The molecule has 0 aromatic carbocycles. The van der Waals surface area contributed by atoms with Crippen molar-refractivity contribution in [3.05, 3.63) is 0 Å². The molecular formula is C42H68Cl2O8. The Morgan fingerprint density at radius 3 is 1.71 bits per heavy atom. The van der Waals surface area contributed by atoms with Gasteiger partial charge in [0.15, 0.2) is 0 Å². The van der Waals surface area contributed by atoms with Crippen LogP contribution in [0.5, 0.6) is 0 Å². The summed E-state index contributed by atoms with van der Waals surface area (Å²) in [5.74, 6) is 1.65. The molecule has 6 fully saturated rings. The highest BCUT2D eigenvalue weighted by molar-refractivity contribution is 6.21. The molecule has 0 radical (unpaired) electrons. The van der Waals surface area contributed by atoms with E-state index in [0.717, 1.165) is 63.7 Å². The van der Waals surface area contributed by atoms with E-state index >= 15 is 0 Å². The number of halogens is 2. The summed E-state index contributed by atoms with van der Waals surface area (Å²) in [7, 11) is 0. The van der Waals surface area contributed by atoms with Crippen molar-refractivity contribution in [2.75, 3.05) is 13.2 Å². The molecule has 6 aliphatic carbocycles. The van der Waals surface area contributed by atoms with Crippen LogP contribution in [0.4, 0.5) is 0 Å². The molecule has 0 aliphatic heterocycles. The molecule has 0 aromatic rings. The van der Waals surface area contributed by atoms with E-state index in [1.54, 1.807) is 0 Å². The molecular weight excluding hydrogens is 703 g/mol. The zero-order chi connectivity index (χ0) is 36.5. The molecule has 0 aromatic heterocycles. The maximum absolute atomic E-state index is 13.6. The van der Waals surface area contributed by atoms with Crippen LogP contribution in [-0.4, -0.2) is 58.5 Å². The van der Waals surface area contributed by atoms with Gasteiger partial charge in [0.1, 0.15) is 12.2 Å². The molecule has 298 valence electrons. The molecule has 12 unspecified atom stereocenters. The van der Waals surface area contributed by atoms with E-state index in [2.05, 4.69) is 4.89 Å². The van der Waals surface area contributed by atoms with E-state index in [-0.39, 0.29) is 34.8 Å². The van der Waals surface area contributed by atoms with E-state index in [1.807, 2.05) is 0 Å². The largest absolute Gasteiger partial charge is 0.481 e. The number of aliphatic carboxylic acids is 1. The standard InChI is InChI=1S/C42H68Cl2O8/c43-37-23-31(14-17-39(37)51-42(47)36-22-30(12-16-35(36)41(45)46)20-28-9-5-2-6-10-28)32-15-18-40(38(44)24-32)52-50-26-34-21-29(11-13-33(34)25-49-48)19-27-7-3-1-4-8-27/h27-40,48H,1-26H2,(H,45,46). The first-order valence-electron chi connectivity index (χ1n) is 21.5. The Kier molecular flexibility index (Phi) is 16.2. The number of carboxylic acids is 1. The zero-order valence-electron chi connectivity index (χ0n) is 31.6. The smallest absolute Gasteiger partial charge is 0.310 e. The van der Waals surface area contributed by atoms with Crippen LogP contribution in [-0.2, 0) is 29.0 Å². The van der Waals surface area contributed by atoms with Gasteiger partial charge in [0.2, 0.25) is 0 Å². The van der Waals surface area contributed by atoms with Gasteiger partial charge in [0, 0.05) is 0 Å². The van der Waals surface area contributed by atoms with Gasteiger partial charge in [-0.3, -0.25) is 14.8 Å². The number of carbonyl (C=O) groups is 2. The summed E-state index contributed by atoms with van der Waals surface area (Å²) in [5, 5.41) is 18.8. The van der Waals surface area contributed by atoms with E-state index in [0.29, 0.717) is 68.0 Å². The fourth-order valence-corrected chi connectivity index (χ4v) is 12.6. The Morgan fingerprint density at radius 1 is 0.558 bits per heavy atom. The second-order valence-electron chi connectivity index (χ2n) is 18.3. The lowest BCUT2D eigenvalue weighted by Crippen LogP contribution is -2.43. The second kappa shape index (κ2) is 20.5. The number of alkyl halides is 2. The molecule has 12 atom stereocenters. The lowest BCUT2D eigenvalue weighted by atomic mass is 9.70. The molecule has 10 heteroatoms. The van der Waals surface area contributed by atoms with Crippen LogP contribution in [0.15, 0.2) is 0 Å². The van der Waals surface area contributed by atoms with Crippen molar-refractivity contribution in [1.29, 1.82) is 0 Å². The van der Waals surface area contributed by atoms with Crippen LogP contribution >= 0.6 is 23.2 Å². The lowest BCUT2D eigenvalue weighted by molar-refractivity contribution is -0.339. The molecule has 0 spiro atoms. The van der Waals surface area contributed by atoms with Crippen molar-refractivity contribution in [3.8, 4) is 0 Å². The molecule has 0 saturated heterocycles. The molecule has 0 bridgehead atoms. The van der Waals surface area contributed by atoms with Crippen molar-refractivity contribution in [2.45, 2.75) is 177 Å². The number of esters is 1. The van der Waals surface area contributed by atoms with E-state index < -0.39 is 17.8 Å². The summed E-state index contributed by atoms with van der Waals surface area (Å²) in [5.41, 5.74) is 0. The quantitative estimate of drug-likeness (QED) is 0.0777. The fourth-order valence-electron chi connectivity index (χ4n) is 11.8. The number of carboxylic acid groups (broad SMARTS) is 1. The van der Waals surface area contributed by atoms with Crippen LogP contribution < -0.4 is 0 Å². The average Bonchev–Trinajstić information content (AvgIpc) is 3.15. The molecule has 52 heavy (non-hydrogen) atoms. The summed E-state index contributed by atoms with van der Waals surface area (Å²) in [6, 6.07) is 0. The molecule has 2 N–H and O–H groups in total. The summed E-state index contributed by atoms with van der Waals surface area (Å²) < 4.78 is 6.08. The van der Waals surface area contributed by atoms with Crippen molar-refractivity contribution in [2.24, 2.45) is 59.2 Å². The van der Waals surface area contributed by atoms with Crippen LogP contribution in [0.1, 0.15) is 154 Å². The summed E-state index contributed by atoms with van der Waals surface area (Å²) in [6.07, 6.45) is 25.7. The third-order valence-electron chi connectivity index (χ3n) is 14.8. The van der Waals surface area contributed by atoms with Gasteiger partial charge in [-0.15, -0.1) is 23.2 Å². The second-order valence-corrected chi connectivity index (χ2v) is 19.4. The highest BCUT2D eigenvalue weighted by Gasteiger charge is 2.44. The first kappa shape index (κ1) is 41.0. The van der Waals surface area contributed by atoms with E-state index in [1.165, 1.54) is 77.0 Å². The first-order chi connectivity index (χ1) is 25.3. The van der Waals surface area contributed by atoms with Gasteiger partial charge in [-0.05, 0) is 131 Å². The molecule has 0 amide bonds. The minimum atomic E-state index is -0.877. The number of ether oxygens (including phenoxy) is 1. The number of rotatable bonds is 14. The molecule has 6 aliphatic rings.